The minimum absolute atomic E-state index is 0.0779. The van der Waals surface area contributed by atoms with Crippen LogP contribution >= 0.6 is 0 Å². The van der Waals surface area contributed by atoms with Gasteiger partial charge < -0.3 is 24.3 Å². The van der Waals surface area contributed by atoms with Crippen LogP contribution in [0.5, 0.6) is 5.75 Å². The number of allylic oxidation sites excluding steroid dienone is 1. The lowest BCUT2D eigenvalue weighted by atomic mass is 10.0. The number of alkyl carbamates (subject to hydrolysis) is 1. The maximum atomic E-state index is 13.0. The molecule has 0 heterocycles. The maximum absolute atomic E-state index is 13.0. The normalized spacial score (nSPS) is 11.7. The first-order valence-corrected chi connectivity index (χ1v) is 11.8. The summed E-state index contributed by atoms with van der Waals surface area (Å²) < 4.78 is 21.3. The Hall–Kier alpha value is -3.81. The molecule has 2 aromatic carbocycles. The highest BCUT2D eigenvalue weighted by Crippen LogP contribution is 2.23. The van der Waals surface area contributed by atoms with Crippen molar-refractivity contribution in [1.29, 1.82) is 0 Å². The topological polar surface area (TPSA) is 100 Å². The van der Waals surface area contributed by atoms with E-state index in [1.54, 1.807) is 45.9 Å². The summed E-state index contributed by atoms with van der Waals surface area (Å²) in [6.45, 7) is 10.9. The van der Waals surface area contributed by atoms with Gasteiger partial charge >= 0.3 is 18.0 Å². The van der Waals surface area contributed by atoms with Gasteiger partial charge in [-0.1, -0.05) is 48.5 Å². The molecule has 0 aromatic heterocycles. The van der Waals surface area contributed by atoms with Crippen molar-refractivity contribution in [3.8, 4) is 5.75 Å². The number of carbonyl (C=O) groups is 3. The second kappa shape index (κ2) is 13.9. The molecule has 8 nitrogen and oxygen atoms in total. The van der Waals surface area contributed by atoms with Crippen molar-refractivity contribution in [3.63, 3.8) is 0 Å². The fourth-order valence-electron chi connectivity index (χ4n) is 3.26. The monoisotopic (exact) mass is 497 g/mol. The first-order valence-electron chi connectivity index (χ1n) is 11.8. The van der Waals surface area contributed by atoms with Crippen molar-refractivity contribution in [2.45, 2.75) is 58.8 Å². The zero-order valence-corrected chi connectivity index (χ0v) is 21.4. The molecule has 2 rings (SSSR count). The third kappa shape index (κ3) is 10.2. The van der Waals surface area contributed by atoms with Crippen molar-refractivity contribution in [3.05, 3.63) is 77.9 Å². The molecule has 0 aliphatic carbocycles. The van der Waals surface area contributed by atoms with Crippen LogP contribution in [0.1, 0.15) is 44.4 Å². The van der Waals surface area contributed by atoms with E-state index < -0.39 is 29.7 Å². The fraction of sp³-hybridized carbons (Fsp3) is 0.393. The summed E-state index contributed by atoms with van der Waals surface area (Å²) >= 11 is 0. The molecule has 0 saturated carbocycles. The van der Waals surface area contributed by atoms with E-state index >= 15 is 0 Å². The molecule has 1 atom stereocenters. The van der Waals surface area contributed by atoms with Crippen LogP contribution in [0.2, 0.25) is 0 Å². The summed E-state index contributed by atoms with van der Waals surface area (Å²) in [6, 6.07) is 13.6. The van der Waals surface area contributed by atoms with Gasteiger partial charge in [0.1, 0.15) is 24.0 Å². The second-order valence-electron chi connectivity index (χ2n) is 9.02. The number of ether oxygens (including phenoxy) is 4. The Balaban J connectivity index is 2.19. The number of hydrogen-bond acceptors (Lipinski definition) is 7. The summed E-state index contributed by atoms with van der Waals surface area (Å²) in [7, 11) is 0. The van der Waals surface area contributed by atoms with Gasteiger partial charge in [-0.3, -0.25) is 0 Å². The van der Waals surface area contributed by atoms with E-state index in [9.17, 15) is 14.4 Å². The van der Waals surface area contributed by atoms with Gasteiger partial charge in [-0.05, 0) is 56.9 Å². The SMILES string of the molecule is C=CCc1cc(CC(NC(=O)OC(C)(C)C)C(=O)OCc2ccccc2)ccc1OCC(=O)OCC. The summed E-state index contributed by atoms with van der Waals surface area (Å²) in [4.78, 5) is 37.1. The number of nitrogens with one attached hydrogen (secondary N) is 1. The van der Waals surface area contributed by atoms with Gasteiger partial charge in [0.25, 0.3) is 0 Å². The Morgan fingerprint density at radius 1 is 1.03 bits per heavy atom. The molecule has 0 aliphatic rings. The van der Waals surface area contributed by atoms with Crippen LogP contribution in [-0.4, -0.2) is 42.9 Å². The molecule has 1 N–H and O–H groups in total. The van der Waals surface area contributed by atoms with E-state index in [0.29, 0.717) is 12.2 Å². The first kappa shape index (κ1) is 28.4. The van der Waals surface area contributed by atoms with Crippen molar-refractivity contribution >= 4 is 18.0 Å². The third-order valence-corrected chi connectivity index (χ3v) is 4.78. The Kier molecular flexibility index (Phi) is 11.0. The van der Waals surface area contributed by atoms with Gasteiger partial charge in [0.15, 0.2) is 6.61 Å². The van der Waals surface area contributed by atoms with Gasteiger partial charge in [0, 0.05) is 6.42 Å². The number of benzene rings is 2. The van der Waals surface area contributed by atoms with Crippen LogP contribution in [0, 0.1) is 0 Å². The zero-order valence-electron chi connectivity index (χ0n) is 21.4. The van der Waals surface area contributed by atoms with Crippen molar-refractivity contribution < 1.29 is 33.3 Å². The lowest BCUT2D eigenvalue weighted by molar-refractivity contribution is -0.147. The van der Waals surface area contributed by atoms with Crippen LogP contribution in [0.4, 0.5) is 4.79 Å². The van der Waals surface area contributed by atoms with Crippen LogP contribution in [-0.2, 0) is 43.2 Å². The van der Waals surface area contributed by atoms with Gasteiger partial charge in [-0.25, -0.2) is 14.4 Å². The van der Waals surface area contributed by atoms with Crippen LogP contribution in [0.3, 0.4) is 0 Å². The van der Waals surface area contributed by atoms with Gasteiger partial charge in [0.2, 0.25) is 0 Å². The van der Waals surface area contributed by atoms with E-state index in [1.165, 1.54) is 0 Å². The molecule has 0 radical (unpaired) electrons. The smallest absolute Gasteiger partial charge is 0.408 e. The molecule has 1 unspecified atom stereocenters. The average molecular weight is 498 g/mol. The highest BCUT2D eigenvalue weighted by atomic mass is 16.6. The highest BCUT2D eigenvalue weighted by Gasteiger charge is 2.26. The minimum atomic E-state index is -0.980. The summed E-state index contributed by atoms with van der Waals surface area (Å²) in [5.74, 6) is -0.540. The van der Waals surface area contributed by atoms with Crippen molar-refractivity contribution in [1.82, 2.24) is 5.32 Å². The first-order chi connectivity index (χ1) is 17.1. The number of amides is 1. The van der Waals surface area contributed by atoms with E-state index in [-0.39, 0.29) is 26.2 Å². The molecule has 0 saturated heterocycles. The molecule has 0 bridgehead atoms. The number of hydrogen-bond donors (Lipinski definition) is 1. The van der Waals surface area contributed by atoms with Gasteiger partial charge in [-0.15, -0.1) is 6.58 Å². The summed E-state index contributed by atoms with van der Waals surface area (Å²) in [5.41, 5.74) is 1.64. The molecule has 0 aliphatic heterocycles. The molecular formula is C28H35NO7. The average Bonchev–Trinajstić information content (AvgIpc) is 2.81. The van der Waals surface area contributed by atoms with E-state index in [0.717, 1.165) is 16.7 Å². The van der Waals surface area contributed by atoms with E-state index in [4.69, 9.17) is 18.9 Å². The maximum Gasteiger partial charge on any atom is 0.408 e. The molecular weight excluding hydrogens is 462 g/mol. The Morgan fingerprint density at radius 2 is 1.75 bits per heavy atom. The molecule has 36 heavy (non-hydrogen) atoms. The molecule has 0 fully saturated rings. The largest absolute Gasteiger partial charge is 0.482 e. The van der Waals surface area contributed by atoms with E-state index in [1.807, 2.05) is 36.4 Å². The Morgan fingerprint density at radius 3 is 2.39 bits per heavy atom. The predicted octanol–water partition coefficient (Wildman–Crippen LogP) is 4.54. The number of esters is 2. The van der Waals surface area contributed by atoms with Gasteiger partial charge in [0.05, 0.1) is 6.61 Å². The molecule has 194 valence electrons. The zero-order chi connectivity index (χ0) is 26.6. The highest BCUT2D eigenvalue weighted by molar-refractivity contribution is 5.81. The van der Waals surface area contributed by atoms with E-state index in [2.05, 4.69) is 11.9 Å². The third-order valence-electron chi connectivity index (χ3n) is 4.78. The van der Waals surface area contributed by atoms with Crippen molar-refractivity contribution in [2.75, 3.05) is 13.2 Å². The van der Waals surface area contributed by atoms with Crippen LogP contribution < -0.4 is 10.1 Å². The van der Waals surface area contributed by atoms with Crippen LogP contribution in [0.15, 0.2) is 61.2 Å². The molecule has 8 heteroatoms. The number of rotatable bonds is 12. The quantitative estimate of drug-likeness (QED) is 0.261. The number of carbonyl (C=O) groups excluding carboxylic acids is 3. The molecule has 1 amide bonds. The predicted molar refractivity (Wildman–Crippen MR) is 136 cm³/mol. The Labute approximate surface area is 212 Å². The second-order valence-corrected chi connectivity index (χ2v) is 9.02. The molecule has 0 spiro atoms. The van der Waals surface area contributed by atoms with Crippen LogP contribution in [0.25, 0.3) is 0 Å². The Bertz CT molecular complexity index is 1030. The minimum Gasteiger partial charge on any atom is -0.482 e. The standard InChI is InChI=1S/C28H35NO7/c1-6-11-22-16-21(14-15-24(22)34-19-25(30)33-7-2)17-23(29-27(32)36-28(3,4)5)26(31)35-18-20-12-9-8-10-13-20/h6,8-10,12-16,23H,1,7,11,17-19H2,2-5H3,(H,29,32). The lowest BCUT2D eigenvalue weighted by Gasteiger charge is -2.23. The fourth-order valence-corrected chi connectivity index (χ4v) is 3.26. The lowest BCUT2D eigenvalue weighted by Crippen LogP contribution is -2.45. The van der Waals surface area contributed by atoms with Crippen molar-refractivity contribution in [2.24, 2.45) is 0 Å². The summed E-state index contributed by atoms with van der Waals surface area (Å²) in [5, 5.41) is 2.63. The summed E-state index contributed by atoms with van der Waals surface area (Å²) in [6.07, 6.45) is 1.63. The molecule has 2 aromatic rings. The van der Waals surface area contributed by atoms with Gasteiger partial charge in [-0.2, -0.15) is 0 Å².